The largest absolute Gasteiger partial charge is 0.497 e. The van der Waals surface area contributed by atoms with E-state index in [1.165, 1.54) is 0 Å². The molecule has 2 aromatic rings. The highest BCUT2D eigenvalue weighted by Crippen LogP contribution is 2.29. The fraction of sp³-hybridized carbons (Fsp3) is 0.316. The maximum atomic E-state index is 5.36. The minimum absolute atomic E-state index is 0.517. The molecular formula is C19H24N2O4S. The van der Waals surface area contributed by atoms with Crippen LogP contribution in [-0.4, -0.2) is 40.1 Å². The Kier molecular flexibility index (Phi) is 7.35. The summed E-state index contributed by atoms with van der Waals surface area (Å²) < 4.78 is 21.1. The summed E-state index contributed by atoms with van der Waals surface area (Å²) >= 11 is 5.36. The SMILES string of the molecule is COc1cc(CCNC(=S)Nc2ccc(OC)cc2OC)cc(OC)c1. The van der Waals surface area contributed by atoms with E-state index >= 15 is 0 Å². The second-order valence-electron chi connectivity index (χ2n) is 5.42. The zero-order chi connectivity index (χ0) is 18.9. The highest BCUT2D eigenvalue weighted by atomic mass is 32.1. The van der Waals surface area contributed by atoms with Gasteiger partial charge in [0, 0.05) is 18.7 Å². The first kappa shape index (κ1) is 19.7. The van der Waals surface area contributed by atoms with Crippen molar-refractivity contribution in [3.05, 3.63) is 42.0 Å². The lowest BCUT2D eigenvalue weighted by Gasteiger charge is -2.14. The summed E-state index contributed by atoms with van der Waals surface area (Å²) in [6.07, 6.45) is 0.773. The summed E-state index contributed by atoms with van der Waals surface area (Å²) in [5.74, 6) is 2.91. The Morgan fingerprint density at radius 3 is 2.08 bits per heavy atom. The van der Waals surface area contributed by atoms with E-state index in [1.807, 2.05) is 30.3 Å². The molecule has 140 valence electrons. The zero-order valence-electron chi connectivity index (χ0n) is 15.4. The van der Waals surface area contributed by atoms with Gasteiger partial charge in [-0.1, -0.05) is 0 Å². The van der Waals surface area contributed by atoms with Crippen molar-refractivity contribution in [1.29, 1.82) is 0 Å². The van der Waals surface area contributed by atoms with Crippen LogP contribution >= 0.6 is 12.2 Å². The van der Waals surface area contributed by atoms with E-state index < -0.39 is 0 Å². The summed E-state index contributed by atoms with van der Waals surface area (Å²) in [6, 6.07) is 11.3. The number of rotatable bonds is 8. The summed E-state index contributed by atoms with van der Waals surface area (Å²) in [5, 5.41) is 6.84. The second kappa shape index (κ2) is 9.72. The van der Waals surface area contributed by atoms with Crippen molar-refractivity contribution in [2.45, 2.75) is 6.42 Å². The summed E-state index contributed by atoms with van der Waals surface area (Å²) in [4.78, 5) is 0. The molecule has 0 heterocycles. The standard InChI is InChI=1S/C19H24N2O4S/c1-22-14-5-6-17(18(12-14)25-4)21-19(26)20-8-7-13-9-15(23-2)11-16(10-13)24-3/h5-6,9-12H,7-8H2,1-4H3,(H2,20,21,26). The van der Waals surface area contributed by atoms with Crippen molar-refractivity contribution in [2.24, 2.45) is 0 Å². The average molecular weight is 376 g/mol. The van der Waals surface area contributed by atoms with Gasteiger partial charge in [-0.25, -0.2) is 0 Å². The number of hydrogen-bond donors (Lipinski definition) is 2. The minimum Gasteiger partial charge on any atom is -0.497 e. The number of ether oxygens (including phenoxy) is 4. The molecule has 0 saturated carbocycles. The van der Waals surface area contributed by atoms with E-state index in [-0.39, 0.29) is 0 Å². The van der Waals surface area contributed by atoms with Gasteiger partial charge in [0.05, 0.1) is 34.1 Å². The van der Waals surface area contributed by atoms with Crippen molar-refractivity contribution < 1.29 is 18.9 Å². The molecule has 0 aliphatic carbocycles. The first-order valence-electron chi connectivity index (χ1n) is 8.08. The van der Waals surface area contributed by atoms with E-state index in [1.54, 1.807) is 34.5 Å². The molecule has 0 radical (unpaired) electrons. The van der Waals surface area contributed by atoms with Crippen LogP contribution in [0.5, 0.6) is 23.0 Å². The van der Waals surface area contributed by atoms with Crippen LogP contribution < -0.4 is 29.6 Å². The van der Waals surface area contributed by atoms with Gasteiger partial charge >= 0.3 is 0 Å². The first-order valence-corrected chi connectivity index (χ1v) is 8.49. The first-order chi connectivity index (χ1) is 12.6. The highest BCUT2D eigenvalue weighted by Gasteiger charge is 2.07. The van der Waals surface area contributed by atoms with Crippen LogP contribution in [0, 0.1) is 0 Å². The third kappa shape index (κ3) is 5.42. The molecule has 0 bridgehead atoms. The van der Waals surface area contributed by atoms with Gasteiger partial charge in [-0.05, 0) is 48.5 Å². The lowest BCUT2D eigenvalue weighted by Crippen LogP contribution is -2.30. The lowest BCUT2D eigenvalue weighted by molar-refractivity contribution is 0.393. The topological polar surface area (TPSA) is 61.0 Å². The van der Waals surface area contributed by atoms with Crippen molar-refractivity contribution >= 4 is 23.0 Å². The Morgan fingerprint density at radius 2 is 1.50 bits per heavy atom. The molecule has 7 heteroatoms. The minimum atomic E-state index is 0.517. The maximum absolute atomic E-state index is 5.36. The zero-order valence-corrected chi connectivity index (χ0v) is 16.2. The molecule has 0 fully saturated rings. The van der Waals surface area contributed by atoms with Gasteiger partial charge in [0.15, 0.2) is 5.11 Å². The molecule has 0 aliphatic heterocycles. The van der Waals surface area contributed by atoms with Gasteiger partial charge in [-0.3, -0.25) is 0 Å². The molecule has 0 atom stereocenters. The Bertz CT molecular complexity index is 730. The Morgan fingerprint density at radius 1 is 0.846 bits per heavy atom. The Hall–Kier alpha value is -2.67. The molecule has 0 aliphatic rings. The van der Waals surface area contributed by atoms with Crippen LogP contribution in [0.1, 0.15) is 5.56 Å². The van der Waals surface area contributed by atoms with Crippen LogP contribution in [-0.2, 0) is 6.42 Å². The van der Waals surface area contributed by atoms with E-state index in [9.17, 15) is 0 Å². The predicted molar refractivity (Wildman–Crippen MR) is 107 cm³/mol. The highest BCUT2D eigenvalue weighted by molar-refractivity contribution is 7.80. The quantitative estimate of drug-likeness (QED) is 0.686. The summed E-state index contributed by atoms with van der Waals surface area (Å²) in [6.45, 7) is 0.667. The summed E-state index contributed by atoms with van der Waals surface area (Å²) in [5.41, 5.74) is 1.87. The molecule has 0 aromatic heterocycles. The summed E-state index contributed by atoms with van der Waals surface area (Å²) in [7, 11) is 6.49. The van der Waals surface area contributed by atoms with Crippen molar-refractivity contribution in [3.8, 4) is 23.0 Å². The second-order valence-corrected chi connectivity index (χ2v) is 5.83. The fourth-order valence-electron chi connectivity index (χ4n) is 2.40. The number of thiocarbonyl (C=S) groups is 1. The molecule has 2 N–H and O–H groups in total. The van der Waals surface area contributed by atoms with Gasteiger partial charge < -0.3 is 29.6 Å². The van der Waals surface area contributed by atoms with Crippen LogP contribution in [0.25, 0.3) is 0 Å². The van der Waals surface area contributed by atoms with Gasteiger partial charge in [0.2, 0.25) is 0 Å². The number of nitrogens with one attached hydrogen (secondary N) is 2. The normalized spacial score (nSPS) is 10.0. The number of anilines is 1. The third-order valence-corrected chi connectivity index (χ3v) is 4.01. The lowest BCUT2D eigenvalue weighted by atomic mass is 10.1. The number of hydrogen-bond acceptors (Lipinski definition) is 5. The van der Waals surface area contributed by atoms with Crippen molar-refractivity contribution in [3.63, 3.8) is 0 Å². The van der Waals surface area contributed by atoms with Crippen LogP contribution in [0.15, 0.2) is 36.4 Å². The molecule has 2 aromatic carbocycles. The molecule has 6 nitrogen and oxygen atoms in total. The molecule has 0 saturated heterocycles. The third-order valence-electron chi connectivity index (χ3n) is 3.77. The predicted octanol–water partition coefficient (Wildman–Crippen LogP) is 3.25. The van der Waals surface area contributed by atoms with Crippen molar-refractivity contribution in [1.82, 2.24) is 5.32 Å². The van der Waals surface area contributed by atoms with Crippen LogP contribution in [0.3, 0.4) is 0 Å². The Labute approximate surface area is 159 Å². The van der Waals surface area contributed by atoms with Crippen molar-refractivity contribution in [2.75, 3.05) is 40.3 Å². The van der Waals surface area contributed by atoms with E-state index in [0.29, 0.717) is 17.4 Å². The van der Waals surface area contributed by atoms with Gasteiger partial charge in [0.1, 0.15) is 23.0 Å². The molecule has 26 heavy (non-hydrogen) atoms. The fourth-order valence-corrected chi connectivity index (χ4v) is 2.61. The number of methoxy groups -OCH3 is 4. The molecule has 2 rings (SSSR count). The van der Waals surface area contributed by atoms with Gasteiger partial charge in [0.25, 0.3) is 0 Å². The molecule has 0 unspecified atom stereocenters. The molecule has 0 amide bonds. The van der Waals surface area contributed by atoms with Crippen LogP contribution in [0.4, 0.5) is 5.69 Å². The van der Waals surface area contributed by atoms with Gasteiger partial charge in [-0.15, -0.1) is 0 Å². The van der Waals surface area contributed by atoms with E-state index in [2.05, 4.69) is 10.6 Å². The monoisotopic (exact) mass is 376 g/mol. The van der Waals surface area contributed by atoms with Crippen LogP contribution in [0.2, 0.25) is 0 Å². The Balaban J connectivity index is 1.91. The van der Waals surface area contributed by atoms with Gasteiger partial charge in [-0.2, -0.15) is 0 Å². The maximum Gasteiger partial charge on any atom is 0.170 e. The van der Waals surface area contributed by atoms with E-state index in [0.717, 1.165) is 34.9 Å². The average Bonchev–Trinajstić information content (AvgIpc) is 2.67. The molecular weight excluding hydrogens is 352 g/mol. The number of benzene rings is 2. The van der Waals surface area contributed by atoms with E-state index in [4.69, 9.17) is 31.2 Å². The molecule has 0 spiro atoms. The smallest absolute Gasteiger partial charge is 0.170 e.